The summed E-state index contributed by atoms with van der Waals surface area (Å²) in [7, 11) is 1.51. The van der Waals surface area contributed by atoms with E-state index < -0.39 is 5.97 Å². The number of carbonyl (C=O) groups is 2. The molecule has 4 rings (SSSR count). The van der Waals surface area contributed by atoms with Crippen LogP contribution in [0.1, 0.15) is 44.3 Å². The van der Waals surface area contributed by atoms with E-state index in [1.54, 1.807) is 12.1 Å². The van der Waals surface area contributed by atoms with Crippen molar-refractivity contribution in [3.05, 3.63) is 50.1 Å². The summed E-state index contributed by atoms with van der Waals surface area (Å²) in [5.41, 5.74) is 2.37. The summed E-state index contributed by atoms with van der Waals surface area (Å²) >= 11 is 13.9. The zero-order chi connectivity index (χ0) is 23.0. The van der Waals surface area contributed by atoms with Crippen molar-refractivity contribution in [2.24, 2.45) is 0 Å². The Morgan fingerprint density at radius 1 is 1.25 bits per heavy atom. The Morgan fingerprint density at radius 2 is 2.03 bits per heavy atom. The van der Waals surface area contributed by atoms with Gasteiger partial charge in [-0.2, -0.15) is 0 Å². The third-order valence-corrected chi connectivity index (χ3v) is 7.92. The van der Waals surface area contributed by atoms with Gasteiger partial charge in [-0.05, 0) is 44.9 Å². The maximum Gasteiger partial charge on any atom is 0.350 e. The molecule has 0 bridgehead atoms. The van der Waals surface area contributed by atoms with Gasteiger partial charge < -0.3 is 18.8 Å². The topological polar surface area (TPSA) is 66.8 Å². The number of esters is 1. The number of ether oxygens (including phenoxy) is 3. The number of Topliss-reactive ketones (excluding diaryl/α,β-unsaturated/α-hetero) is 1. The van der Waals surface area contributed by atoms with Crippen LogP contribution in [0.15, 0.2) is 18.2 Å². The van der Waals surface area contributed by atoms with Crippen LogP contribution in [0, 0.1) is 13.8 Å². The molecule has 6 nitrogen and oxygen atoms in total. The number of hydrogen-bond donors (Lipinski definition) is 0. The Bertz CT molecular complexity index is 1190. The fraction of sp³-hybridized carbons (Fsp3) is 0.391. The molecule has 1 saturated heterocycles. The lowest BCUT2D eigenvalue weighted by atomic mass is 10.1. The number of aromatic nitrogens is 1. The quantitative estimate of drug-likeness (QED) is 0.303. The fourth-order valence-corrected chi connectivity index (χ4v) is 5.78. The molecule has 1 aliphatic heterocycles. The highest BCUT2D eigenvalue weighted by Crippen LogP contribution is 2.43. The van der Waals surface area contributed by atoms with Crippen LogP contribution in [0.5, 0.6) is 5.75 Å². The van der Waals surface area contributed by atoms with Crippen LogP contribution in [0.4, 0.5) is 0 Å². The van der Waals surface area contributed by atoms with Crippen LogP contribution in [0.3, 0.4) is 0 Å². The maximum atomic E-state index is 12.8. The number of aryl methyl sites for hydroxylation is 1. The number of nitrogens with zero attached hydrogens (tertiary/aromatic N) is 1. The molecule has 3 heterocycles. The molecule has 0 radical (unpaired) electrons. The summed E-state index contributed by atoms with van der Waals surface area (Å²) in [4.78, 5) is 25.7. The monoisotopic (exact) mass is 495 g/mol. The number of thiophene rings is 1. The average molecular weight is 496 g/mol. The first-order chi connectivity index (χ1) is 15.3. The highest BCUT2D eigenvalue weighted by molar-refractivity contribution is 7.22. The molecule has 1 aromatic carbocycles. The number of halogens is 2. The second-order valence-electron chi connectivity index (χ2n) is 7.73. The van der Waals surface area contributed by atoms with Crippen LogP contribution in [-0.2, 0) is 16.0 Å². The minimum absolute atomic E-state index is 0.168. The normalized spacial score (nSPS) is 16.0. The molecule has 0 aliphatic carbocycles. The van der Waals surface area contributed by atoms with Gasteiger partial charge in [-0.3, -0.25) is 4.79 Å². The molecule has 0 amide bonds. The smallest absolute Gasteiger partial charge is 0.350 e. The molecular weight excluding hydrogens is 473 g/mol. The molecule has 9 heteroatoms. The Labute approximate surface area is 200 Å². The van der Waals surface area contributed by atoms with Gasteiger partial charge in [0.25, 0.3) is 0 Å². The summed E-state index contributed by atoms with van der Waals surface area (Å²) in [5, 5.41) is 1.27. The third-order valence-electron chi connectivity index (χ3n) is 5.73. The summed E-state index contributed by atoms with van der Waals surface area (Å²) in [5.74, 6) is -0.430. The molecule has 32 heavy (non-hydrogen) atoms. The molecular formula is C23H23Cl2NO5S. The van der Waals surface area contributed by atoms with Crippen molar-refractivity contribution in [3.63, 3.8) is 0 Å². The van der Waals surface area contributed by atoms with Gasteiger partial charge in [0.1, 0.15) is 15.6 Å². The summed E-state index contributed by atoms with van der Waals surface area (Å²) in [6, 6.07) is 5.26. The Balaban J connectivity index is 1.48. The first-order valence-electron chi connectivity index (χ1n) is 10.2. The SMILES string of the molecule is COc1ccc2c(Cl)c(C(=O)OCC(=O)c3cc(C)n(C[C@H]4CCCO4)c3C)sc2c1Cl. The lowest BCUT2D eigenvalue weighted by Gasteiger charge is -2.14. The van der Waals surface area contributed by atoms with Gasteiger partial charge in [0.05, 0.1) is 22.9 Å². The van der Waals surface area contributed by atoms with Gasteiger partial charge in [0.2, 0.25) is 5.78 Å². The van der Waals surface area contributed by atoms with Crippen molar-refractivity contribution in [1.82, 2.24) is 4.57 Å². The van der Waals surface area contributed by atoms with Gasteiger partial charge in [-0.25, -0.2) is 4.79 Å². The number of hydrogen-bond acceptors (Lipinski definition) is 6. The van der Waals surface area contributed by atoms with E-state index in [0.29, 0.717) is 33.0 Å². The van der Waals surface area contributed by atoms with Gasteiger partial charge >= 0.3 is 5.97 Å². The van der Waals surface area contributed by atoms with E-state index in [1.807, 2.05) is 19.9 Å². The predicted octanol–water partition coefficient (Wildman–Crippen LogP) is 5.85. The van der Waals surface area contributed by atoms with E-state index in [-0.39, 0.29) is 28.4 Å². The highest BCUT2D eigenvalue weighted by Gasteiger charge is 2.24. The molecule has 170 valence electrons. The molecule has 1 aliphatic rings. The van der Waals surface area contributed by atoms with E-state index in [9.17, 15) is 9.59 Å². The van der Waals surface area contributed by atoms with Crippen LogP contribution < -0.4 is 4.74 Å². The molecule has 1 atom stereocenters. The first-order valence-corrected chi connectivity index (χ1v) is 11.8. The predicted molar refractivity (Wildman–Crippen MR) is 126 cm³/mol. The second kappa shape index (κ2) is 9.43. The second-order valence-corrected chi connectivity index (χ2v) is 9.51. The van der Waals surface area contributed by atoms with Crippen LogP contribution >= 0.6 is 34.5 Å². The minimum Gasteiger partial charge on any atom is -0.495 e. The van der Waals surface area contributed by atoms with Gasteiger partial charge in [-0.15, -0.1) is 11.3 Å². The van der Waals surface area contributed by atoms with E-state index in [0.717, 1.165) is 42.2 Å². The zero-order valence-electron chi connectivity index (χ0n) is 18.0. The molecule has 3 aromatic rings. The lowest BCUT2D eigenvalue weighted by Crippen LogP contribution is -2.18. The molecule has 0 saturated carbocycles. The van der Waals surface area contributed by atoms with Crippen molar-refractivity contribution >= 4 is 56.4 Å². The zero-order valence-corrected chi connectivity index (χ0v) is 20.3. The van der Waals surface area contributed by atoms with Gasteiger partial charge in [0, 0.05) is 35.5 Å². The van der Waals surface area contributed by atoms with Crippen molar-refractivity contribution in [1.29, 1.82) is 0 Å². The highest BCUT2D eigenvalue weighted by atomic mass is 35.5. The van der Waals surface area contributed by atoms with Crippen LogP contribution in [-0.4, -0.2) is 42.7 Å². The number of methoxy groups -OCH3 is 1. The standard InChI is InChI=1S/C23H23Cl2NO5S/c1-12-9-16(13(2)26(12)10-14-5-4-8-30-14)17(27)11-31-23(28)22-19(24)15-6-7-18(29-3)20(25)21(15)32-22/h6-7,9,14H,4-5,8,10-11H2,1-3H3/t14-/m1/s1. The summed E-state index contributed by atoms with van der Waals surface area (Å²) in [6.45, 7) is 4.98. The Hall–Kier alpha value is -2.06. The van der Waals surface area contributed by atoms with Crippen molar-refractivity contribution in [2.45, 2.75) is 39.3 Å². The van der Waals surface area contributed by atoms with E-state index in [4.69, 9.17) is 37.4 Å². The Kier molecular flexibility index (Phi) is 6.81. The molecule has 0 unspecified atom stereocenters. The largest absolute Gasteiger partial charge is 0.495 e. The van der Waals surface area contributed by atoms with Crippen molar-refractivity contribution in [2.75, 3.05) is 20.3 Å². The molecule has 0 spiro atoms. The number of carbonyl (C=O) groups excluding carboxylic acids is 2. The lowest BCUT2D eigenvalue weighted by molar-refractivity contribution is 0.0479. The third kappa shape index (κ3) is 4.27. The molecule has 2 aromatic heterocycles. The maximum absolute atomic E-state index is 12.8. The molecule has 0 N–H and O–H groups in total. The number of ketones is 1. The van der Waals surface area contributed by atoms with Crippen LogP contribution in [0.25, 0.3) is 10.1 Å². The van der Waals surface area contributed by atoms with E-state index in [2.05, 4.69) is 4.57 Å². The summed E-state index contributed by atoms with van der Waals surface area (Å²) < 4.78 is 19.0. The van der Waals surface area contributed by atoms with E-state index in [1.165, 1.54) is 7.11 Å². The number of benzene rings is 1. The number of rotatable bonds is 7. The van der Waals surface area contributed by atoms with Gasteiger partial charge in [0.15, 0.2) is 6.61 Å². The summed E-state index contributed by atoms with van der Waals surface area (Å²) in [6.07, 6.45) is 2.24. The van der Waals surface area contributed by atoms with Crippen molar-refractivity contribution < 1.29 is 23.8 Å². The first kappa shape index (κ1) is 23.1. The average Bonchev–Trinajstić information content (AvgIpc) is 3.48. The van der Waals surface area contributed by atoms with E-state index >= 15 is 0 Å². The minimum atomic E-state index is -0.659. The fourth-order valence-electron chi connectivity index (χ4n) is 4.00. The number of fused-ring (bicyclic) bond motifs is 1. The molecule has 1 fully saturated rings. The van der Waals surface area contributed by atoms with Crippen LogP contribution in [0.2, 0.25) is 10.0 Å². The van der Waals surface area contributed by atoms with Crippen molar-refractivity contribution in [3.8, 4) is 5.75 Å². The Morgan fingerprint density at radius 3 is 2.72 bits per heavy atom. The van der Waals surface area contributed by atoms with Gasteiger partial charge in [-0.1, -0.05) is 23.2 Å².